The summed E-state index contributed by atoms with van der Waals surface area (Å²) >= 11 is 1.89. The Labute approximate surface area is 111 Å². The first-order valence-corrected chi connectivity index (χ1v) is 7.24. The zero-order chi connectivity index (χ0) is 13.1. The third-order valence-electron chi connectivity index (χ3n) is 3.54. The van der Waals surface area contributed by atoms with Crippen molar-refractivity contribution in [1.82, 2.24) is 4.90 Å². The maximum Gasteiger partial charge on any atom is 0.163 e. The van der Waals surface area contributed by atoms with Crippen LogP contribution in [-0.4, -0.2) is 36.0 Å². The fourth-order valence-corrected chi connectivity index (χ4v) is 3.67. The molecule has 1 fully saturated rings. The maximum atomic E-state index is 13.8. The Morgan fingerprint density at radius 1 is 1.50 bits per heavy atom. The van der Waals surface area contributed by atoms with E-state index in [2.05, 4.69) is 4.90 Å². The molecule has 0 saturated carbocycles. The molecular weight excluding hydrogens is 254 g/mol. The minimum Gasteiger partial charge on any atom is -0.329 e. The molecule has 18 heavy (non-hydrogen) atoms. The van der Waals surface area contributed by atoms with Crippen molar-refractivity contribution in [2.45, 2.75) is 18.5 Å². The van der Waals surface area contributed by atoms with Gasteiger partial charge in [0.15, 0.2) is 11.6 Å². The van der Waals surface area contributed by atoms with E-state index < -0.39 is 11.6 Å². The fraction of sp³-hybridized carbons (Fsp3) is 0.538. The molecule has 0 spiro atoms. The maximum absolute atomic E-state index is 13.8. The zero-order valence-corrected chi connectivity index (χ0v) is 11.2. The molecule has 0 aromatic heterocycles. The van der Waals surface area contributed by atoms with Crippen molar-refractivity contribution in [2.24, 2.45) is 5.73 Å². The second-order valence-corrected chi connectivity index (χ2v) is 5.73. The van der Waals surface area contributed by atoms with Gasteiger partial charge in [0.2, 0.25) is 0 Å². The monoisotopic (exact) mass is 272 g/mol. The zero-order valence-electron chi connectivity index (χ0n) is 10.4. The van der Waals surface area contributed by atoms with Gasteiger partial charge in [-0.05, 0) is 25.3 Å². The van der Waals surface area contributed by atoms with E-state index in [9.17, 15) is 8.78 Å². The van der Waals surface area contributed by atoms with Gasteiger partial charge in [0.25, 0.3) is 0 Å². The molecule has 1 heterocycles. The summed E-state index contributed by atoms with van der Waals surface area (Å²) in [5.74, 6) is 0.576. The Morgan fingerprint density at radius 3 is 2.89 bits per heavy atom. The molecular formula is C13H18F2N2S. The minimum atomic E-state index is -0.805. The van der Waals surface area contributed by atoms with Gasteiger partial charge in [0.05, 0.1) is 6.04 Å². The Balaban J connectivity index is 2.24. The first kappa shape index (κ1) is 13.8. The Bertz CT molecular complexity index is 408. The van der Waals surface area contributed by atoms with Gasteiger partial charge in [-0.2, -0.15) is 11.8 Å². The average Bonchev–Trinajstić information content (AvgIpc) is 2.89. The van der Waals surface area contributed by atoms with E-state index >= 15 is 0 Å². The SMILES string of the molecule is CN(C1CCSC1)C(CN)c1cccc(F)c1F. The van der Waals surface area contributed by atoms with E-state index in [0.717, 1.165) is 24.0 Å². The highest BCUT2D eigenvalue weighted by molar-refractivity contribution is 7.99. The Kier molecular flexibility index (Phi) is 4.59. The normalized spacial score (nSPS) is 21.5. The summed E-state index contributed by atoms with van der Waals surface area (Å²) in [7, 11) is 1.94. The first-order valence-electron chi connectivity index (χ1n) is 6.08. The van der Waals surface area contributed by atoms with Crippen LogP contribution >= 0.6 is 11.8 Å². The van der Waals surface area contributed by atoms with E-state index in [1.807, 2.05) is 18.8 Å². The number of nitrogens with zero attached hydrogens (tertiary/aromatic N) is 1. The van der Waals surface area contributed by atoms with Crippen LogP contribution in [-0.2, 0) is 0 Å². The molecule has 2 rings (SSSR count). The quantitative estimate of drug-likeness (QED) is 0.912. The van der Waals surface area contributed by atoms with Crippen LogP contribution in [0.5, 0.6) is 0 Å². The molecule has 1 aliphatic heterocycles. The third kappa shape index (κ3) is 2.68. The van der Waals surface area contributed by atoms with Gasteiger partial charge in [-0.15, -0.1) is 0 Å². The van der Waals surface area contributed by atoms with Gasteiger partial charge in [0.1, 0.15) is 0 Å². The second-order valence-electron chi connectivity index (χ2n) is 4.58. The number of thioether (sulfide) groups is 1. The highest BCUT2D eigenvalue weighted by Gasteiger charge is 2.28. The molecule has 5 heteroatoms. The van der Waals surface area contributed by atoms with E-state index in [1.165, 1.54) is 6.07 Å². The standard InChI is InChI=1S/C13H18F2N2S/c1-17(9-5-6-18-8-9)12(7-16)10-3-2-4-11(14)13(10)15/h2-4,9,12H,5-8,16H2,1H3. The Hall–Kier alpha value is -0.650. The van der Waals surface area contributed by atoms with Crippen LogP contribution in [0, 0.1) is 11.6 Å². The lowest BCUT2D eigenvalue weighted by molar-refractivity contribution is 0.188. The molecule has 1 aromatic carbocycles. The summed E-state index contributed by atoms with van der Waals surface area (Å²) < 4.78 is 27.1. The molecule has 1 saturated heterocycles. The van der Waals surface area contributed by atoms with Crippen LogP contribution in [0.1, 0.15) is 18.0 Å². The van der Waals surface area contributed by atoms with Crippen molar-refractivity contribution in [2.75, 3.05) is 25.1 Å². The molecule has 2 N–H and O–H groups in total. The molecule has 0 amide bonds. The third-order valence-corrected chi connectivity index (χ3v) is 4.68. The van der Waals surface area contributed by atoms with Gasteiger partial charge in [0, 0.05) is 23.9 Å². The van der Waals surface area contributed by atoms with Crippen LogP contribution in [0.4, 0.5) is 8.78 Å². The van der Waals surface area contributed by atoms with Crippen LogP contribution in [0.2, 0.25) is 0 Å². The average molecular weight is 272 g/mol. The van der Waals surface area contributed by atoms with Crippen molar-refractivity contribution in [3.63, 3.8) is 0 Å². The van der Waals surface area contributed by atoms with Crippen molar-refractivity contribution in [3.8, 4) is 0 Å². The van der Waals surface area contributed by atoms with E-state index in [1.54, 1.807) is 6.07 Å². The van der Waals surface area contributed by atoms with Crippen LogP contribution in [0.15, 0.2) is 18.2 Å². The molecule has 2 unspecified atom stereocenters. The van der Waals surface area contributed by atoms with Gasteiger partial charge in [-0.25, -0.2) is 8.78 Å². The van der Waals surface area contributed by atoms with Crippen LogP contribution < -0.4 is 5.73 Å². The molecule has 0 radical (unpaired) electrons. The van der Waals surface area contributed by atoms with Gasteiger partial charge < -0.3 is 5.73 Å². The summed E-state index contributed by atoms with van der Waals surface area (Å²) in [6.45, 7) is 0.290. The number of rotatable bonds is 4. The smallest absolute Gasteiger partial charge is 0.163 e. The van der Waals surface area contributed by atoms with Crippen molar-refractivity contribution in [3.05, 3.63) is 35.4 Å². The number of benzene rings is 1. The molecule has 0 bridgehead atoms. The second kappa shape index (κ2) is 5.99. The minimum absolute atomic E-state index is 0.260. The van der Waals surface area contributed by atoms with E-state index in [-0.39, 0.29) is 12.6 Å². The summed E-state index contributed by atoms with van der Waals surface area (Å²) in [6, 6.07) is 4.43. The van der Waals surface area contributed by atoms with Crippen molar-refractivity contribution in [1.29, 1.82) is 0 Å². The largest absolute Gasteiger partial charge is 0.329 e. The molecule has 1 aromatic rings. The molecule has 0 aliphatic carbocycles. The van der Waals surface area contributed by atoms with Gasteiger partial charge in [-0.3, -0.25) is 4.90 Å². The van der Waals surface area contributed by atoms with Crippen LogP contribution in [0.25, 0.3) is 0 Å². The molecule has 2 atom stereocenters. The molecule has 2 nitrogen and oxygen atoms in total. The number of halogens is 2. The lowest BCUT2D eigenvalue weighted by Crippen LogP contribution is -2.39. The summed E-state index contributed by atoms with van der Waals surface area (Å²) in [4.78, 5) is 2.08. The number of likely N-dealkylation sites (N-methyl/N-ethyl adjacent to an activating group) is 1. The topological polar surface area (TPSA) is 29.3 Å². The number of nitrogens with two attached hydrogens (primary N) is 1. The molecule has 100 valence electrons. The van der Waals surface area contributed by atoms with Crippen LogP contribution in [0.3, 0.4) is 0 Å². The van der Waals surface area contributed by atoms with E-state index in [0.29, 0.717) is 11.6 Å². The highest BCUT2D eigenvalue weighted by Crippen LogP contribution is 2.29. The number of hydrogen-bond acceptors (Lipinski definition) is 3. The van der Waals surface area contributed by atoms with Crippen molar-refractivity contribution < 1.29 is 8.78 Å². The number of hydrogen-bond donors (Lipinski definition) is 1. The van der Waals surface area contributed by atoms with E-state index in [4.69, 9.17) is 5.73 Å². The Morgan fingerprint density at radius 2 is 2.28 bits per heavy atom. The fourth-order valence-electron chi connectivity index (χ4n) is 2.39. The predicted octanol–water partition coefficient (Wildman–Crippen LogP) is 2.40. The first-order chi connectivity index (χ1) is 8.65. The highest BCUT2D eigenvalue weighted by atomic mass is 32.2. The summed E-state index contributed by atoms with van der Waals surface area (Å²) in [6.07, 6.45) is 1.08. The summed E-state index contributed by atoms with van der Waals surface area (Å²) in [5, 5.41) is 0. The van der Waals surface area contributed by atoms with Gasteiger partial charge in [-0.1, -0.05) is 12.1 Å². The predicted molar refractivity (Wildman–Crippen MR) is 71.6 cm³/mol. The van der Waals surface area contributed by atoms with Crippen molar-refractivity contribution >= 4 is 11.8 Å². The molecule has 1 aliphatic rings. The summed E-state index contributed by atoms with van der Waals surface area (Å²) in [5.41, 5.74) is 6.11. The van der Waals surface area contributed by atoms with Gasteiger partial charge >= 0.3 is 0 Å². The lowest BCUT2D eigenvalue weighted by atomic mass is 10.0. The lowest BCUT2D eigenvalue weighted by Gasteiger charge is -2.32.